The van der Waals surface area contributed by atoms with Gasteiger partial charge < -0.3 is 10.1 Å². The zero-order chi connectivity index (χ0) is 16.2. The largest absolute Gasteiger partial charge is 0.497 e. The maximum absolute atomic E-state index is 12.3. The van der Waals surface area contributed by atoms with E-state index in [2.05, 4.69) is 5.32 Å². The number of ether oxygens (including phenoxy) is 1. The molecule has 1 aromatic heterocycles. The van der Waals surface area contributed by atoms with Gasteiger partial charge in [0.25, 0.3) is 5.91 Å². The average Bonchev–Trinajstić information content (AvgIpc) is 3.07. The Morgan fingerprint density at radius 2 is 1.70 bits per heavy atom. The van der Waals surface area contributed by atoms with Gasteiger partial charge in [0.2, 0.25) is 0 Å². The van der Waals surface area contributed by atoms with Gasteiger partial charge in [-0.05, 0) is 53.8 Å². The number of hydrogen-bond acceptors (Lipinski definition) is 3. The smallest absolute Gasteiger partial charge is 0.265 e. The molecule has 1 N–H and O–H groups in total. The predicted molar refractivity (Wildman–Crippen MR) is 95.4 cm³/mol. The van der Waals surface area contributed by atoms with Crippen molar-refractivity contribution in [3.8, 4) is 16.9 Å². The van der Waals surface area contributed by atoms with Gasteiger partial charge in [-0.1, -0.05) is 29.8 Å². The maximum Gasteiger partial charge on any atom is 0.265 e. The third-order valence-electron chi connectivity index (χ3n) is 3.56. The lowest BCUT2D eigenvalue weighted by atomic mass is 10.1. The van der Waals surface area contributed by atoms with Crippen LogP contribution in [-0.4, -0.2) is 13.0 Å². The number of thiophene rings is 1. The Bertz CT molecular complexity index is 804. The van der Waals surface area contributed by atoms with E-state index < -0.39 is 0 Å². The van der Waals surface area contributed by atoms with Crippen LogP contribution in [0.5, 0.6) is 5.75 Å². The molecule has 116 valence electrons. The number of anilines is 1. The molecule has 3 rings (SSSR count). The van der Waals surface area contributed by atoms with Gasteiger partial charge >= 0.3 is 0 Å². The second-order valence-corrected chi connectivity index (χ2v) is 6.16. The standard InChI is InChI=1S/C19H17NO2S/c1-13-3-7-16(8-4-13)20-19(21)18-11-15(12-23-18)14-5-9-17(22-2)10-6-14/h3-12H,1-2H3,(H,20,21). The van der Waals surface area contributed by atoms with Crippen LogP contribution < -0.4 is 10.1 Å². The first-order valence-electron chi connectivity index (χ1n) is 7.27. The topological polar surface area (TPSA) is 38.3 Å². The number of benzene rings is 2. The summed E-state index contributed by atoms with van der Waals surface area (Å²) in [6.45, 7) is 2.02. The molecule has 3 nitrogen and oxygen atoms in total. The van der Waals surface area contributed by atoms with Gasteiger partial charge in [0.1, 0.15) is 5.75 Å². The van der Waals surface area contributed by atoms with Crippen LogP contribution in [0.25, 0.3) is 11.1 Å². The summed E-state index contributed by atoms with van der Waals surface area (Å²) >= 11 is 1.44. The van der Waals surface area contributed by atoms with Crippen LogP contribution in [0.15, 0.2) is 60.0 Å². The third kappa shape index (κ3) is 3.60. The Hall–Kier alpha value is -2.59. The molecule has 1 amide bonds. The van der Waals surface area contributed by atoms with Crippen molar-refractivity contribution in [2.45, 2.75) is 6.92 Å². The third-order valence-corrected chi connectivity index (χ3v) is 4.49. The minimum atomic E-state index is -0.0846. The Balaban J connectivity index is 1.75. The molecule has 0 saturated heterocycles. The number of carbonyl (C=O) groups excluding carboxylic acids is 1. The van der Waals surface area contributed by atoms with Crippen molar-refractivity contribution in [3.63, 3.8) is 0 Å². The van der Waals surface area contributed by atoms with Crippen LogP contribution >= 0.6 is 11.3 Å². The number of rotatable bonds is 4. The summed E-state index contributed by atoms with van der Waals surface area (Å²) < 4.78 is 5.16. The molecule has 0 aliphatic rings. The van der Waals surface area contributed by atoms with Crippen LogP contribution in [0, 0.1) is 6.92 Å². The van der Waals surface area contributed by atoms with E-state index in [0.29, 0.717) is 4.88 Å². The van der Waals surface area contributed by atoms with Gasteiger partial charge in [-0.2, -0.15) is 0 Å². The molecule has 0 radical (unpaired) electrons. The minimum Gasteiger partial charge on any atom is -0.497 e. The van der Waals surface area contributed by atoms with Crippen molar-refractivity contribution in [2.24, 2.45) is 0 Å². The number of aryl methyl sites for hydroxylation is 1. The number of methoxy groups -OCH3 is 1. The molecular formula is C19H17NO2S. The lowest BCUT2D eigenvalue weighted by molar-refractivity contribution is 0.103. The fourth-order valence-corrected chi connectivity index (χ4v) is 3.03. The van der Waals surface area contributed by atoms with Crippen LogP contribution in [0.3, 0.4) is 0 Å². The molecule has 0 aliphatic carbocycles. The highest BCUT2D eigenvalue weighted by Gasteiger charge is 2.10. The van der Waals surface area contributed by atoms with E-state index >= 15 is 0 Å². The summed E-state index contributed by atoms with van der Waals surface area (Å²) in [6.07, 6.45) is 0. The fraction of sp³-hybridized carbons (Fsp3) is 0.105. The monoisotopic (exact) mass is 323 g/mol. The second-order valence-electron chi connectivity index (χ2n) is 5.25. The Morgan fingerprint density at radius 1 is 1.00 bits per heavy atom. The normalized spacial score (nSPS) is 10.3. The van der Waals surface area contributed by atoms with E-state index in [0.717, 1.165) is 22.6 Å². The molecule has 23 heavy (non-hydrogen) atoms. The molecule has 4 heteroatoms. The SMILES string of the molecule is COc1ccc(-c2csc(C(=O)Nc3ccc(C)cc3)c2)cc1. The number of amides is 1. The van der Waals surface area contributed by atoms with E-state index in [9.17, 15) is 4.79 Å². The van der Waals surface area contributed by atoms with Gasteiger partial charge in [-0.3, -0.25) is 4.79 Å². The summed E-state index contributed by atoms with van der Waals surface area (Å²) in [4.78, 5) is 13.0. The average molecular weight is 323 g/mol. The molecule has 0 fully saturated rings. The zero-order valence-electron chi connectivity index (χ0n) is 13.0. The van der Waals surface area contributed by atoms with E-state index in [1.54, 1.807) is 7.11 Å². The van der Waals surface area contributed by atoms with Crippen LogP contribution in [0.2, 0.25) is 0 Å². The quantitative estimate of drug-likeness (QED) is 0.735. The molecular weight excluding hydrogens is 306 g/mol. The molecule has 0 atom stereocenters. The van der Waals surface area contributed by atoms with E-state index in [-0.39, 0.29) is 5.91 Å². The van der Waals surface area contributed by atoms with Crippen molar-refractivity contribution < 1.29 is 9.53 Å². The van der Waals surface area contributed by atoms with Crippen LogP contribution in [0.4, 0.5) is 5.69 Å². The highest BCUT2D eigenvalue weighted by atomic mass is 32.1. The summed E-state index contributed by atoms with van der Waals surface area (Å²) in [6, 6.07) is 17.5. The molecule has 0 aliphatic heterocycles. The molecule has 0 saturated carbocycles. The van der Waals surface area contributed by atoms with Gasteiger partial charge in [0.05, 0.1) is 12.0 Å². The summed E-state index contributed by atoms with van der Waals surface area (Å²) in [5.41, 5.74) is 4.07. The first kappa shape index (κ1) is 15.3. The Morgan fingerprint density at radius 3 is 2.35 bits per heavy atom. The number of hydrogen-bond donors (Lipinski definition) is 1. The first-order chi connectivity index (χ1) is 11.2. The molecule has 3 aromatic rings. The van der Waals surface area contributed by atoms with Crippen LogP contribution in [-0.2, 0) is 0 Å². The van der Waals surface area contributed by atoms with E-state index in [4.69, 9.17) is 4.74 Å². The lowest BCUT2D eigenvalue weighted by Crippen LogP contribution is -2.09. The molecule has 0 bridgehead atoms. The highest BCUT2D eigenvalue weighted by molar-refractivity contribution is 7.12. The lowest BCUT2D eigenvalue weighted by Gasteiger charge is -2.03. The van der Waals surface area contributed by atoms with Crippen molar-refractivity contribution in [3.05, 3.63) is 70.4 Å². The fourth-order valence-electron chi connectivity index (χ4n) is 2.22. The van der Waals surface area contributed by atoms with E-state index in [1.165, 1.54) is 16.9 Å². The summed E-state index contributed by atoms with van der Waals surface area (Å²) in [5, 5.41) is 4.91. The van der Waals surface area contributed by atoms with Gasteiger partial charge in [-0.25, -0.2) is 0 Å². The van der Waals surface area contributed by atoms with Crippen LogP contribution in [0.1, 0.15) is 15.2 Å². The summed E-state index contributed by atoms with van der Waals surface area (Å²) in [5.74, 6) is 0.736. The van der Waals surface area contributed by atoms with Crippen molar-refractivity contribution in [1.29, 1.82) is 0 Å². The van der Waals surface area contributed by atoms with Crippen molar-refractivity contribution in [2.75, 3.05) is 12.4 Å². The zero-order valence-corrected chi connectivity index (χ0v) is 13.8. The van der Waals surface area contributed by atoms with Gasteiger partial charge in [0.15, 0.2) is 0 Å². The van der Waals surface area contributed by atoms with Crippen molar-refractivity contribution >= 4 is 22.9 Å². The van der Waals surface area contributed by atoms with Crippen molar-refractivity contribution in [1.82, 2.24) is 0 Å². The van der Waals surface area contributed by atoms with Gasteiger partial charge in [0, 0.05) is 5.69 Å². The van der Waals surface area contributed by atoms with E-state index in [1.807, 2.05) is 66.9 Å². The second kappa shape index (κ2) is 6.67. The molecule has 0 spiro atoms. The van der Waals surface area contributed by atoms with Gasteiger partial charge in [-0.15, -0.1) is 11.3 Å². The Kier molecular flexibility index (Phi) is 4.44. The summed E-state index contributed by atoms with van der Waals surface area (Å²) in [7, 11) is 1.65. The minimum absolute atomic E-state index is 0.0846. The Labute approximate surface area is 139 Å². The molecule has 0 unspecified atom stereocenters. The number of carbonyl (C=O) groups is 1. The predicted octanol–water partition coefficient (Wildman–Crippen LogP) is 4.98. The molecule has 1 heterocycles. The number of nitrogens with one attached hydrogen (secondary N) is 1. The highest BCUT2D eigenvalue weighted by Crippen LogP contribution is 2.27. The first-order valence-corrected chi connectivity index (χ1v) is 8.14. The molecule has 2 aromatic carbocycles. The maximum atomic E-state index is 12.3.